The monoisotopic (exact) mass is 331 g/mol. The van der Waals surface area contributed by atoms with E-state index in [2.05, 4.69) is 0 Å². The fraction of sp³-hybridized carbons (Fsp3) is 0.500. The number of carbonyl (C=O) groups is 1. The molecule has 1 aliphatic carbocycles. The zero-order valence-corrected chi connectivity index (χ0v) is 13.4. The standard InChI is InChI=1S/C14H18ClNO4S/c1-3-20-13(17)14(8-16)11(12(14)21(2,18)19)9-5-4-6-10(15)7-9/h4-7,11-12H,3,8,16H2,1-2H3/t11-,12+,14+/m1/s1. The molecule has 0 spiro atoms. The fourth-order valence-electron chi connectivity index (χ4n) is 3.04. The summed E-state index contributed by atoms with van der Waals surface area (Å²) in [4.78, 5) is 12.3. The van der Waals surface area contributed by atoms with Gasteiger partial charge in [-0.25, -0.2) is 8.42 Å². The molecular weight excluding hydrogens is 314 g/mol. The lowest BCUT2D eigenvalue weighted by Crippen LogP contribution is -2.33. The largest absolute Gasteiger partial charge is 0.465 e. The van der Waals surface area contributed by atoms with Gasteiger partial charge in [-0.2, -0.15) is 0 Å². The molecule has 5 nitrogen and oxygen atoms in total. The number of hydrogen-bond donors (Lipinski definition) is 1. The van der Waals surface area contributed by atoms with Crippen LogP contribution >= 0.6 is 11.6 Å². The zero-order valence-electron chi connectivity index (χ0n) is 11.9. The summed E-state index contributed by atoms with van der Waals surface area (Å²) in [7, 11) is -3.45. The van der Waals surface area contributed by atoms with Crippen LogP contribution < -0.4 is 5.73 Å². The van der Waals surface area contributed by atoms with Crippen molar-refractivity contribution in [1.29, 1.82) is 0 Å². The first-order valence-corrected chi connectivity index (χ1v) is 8.94. The van der Waals surface area contributed by atoms with Crippen molar-refractivity contribution < 1.29 is 17.9 Å². The van der Waals surface area contributed by atoms with Gasteiger partial charge in [0.05, 0.1) is 11.9 Å². The van der Waals surface area contributed by atoms with E-state index in [1.807, 2.05) is 0 Å². The van der Waals surface area contributed by atoms with Crippen LogP contribution in [0.25, 0.3) is 0 Å². The highest BCUT2D eigenvalue weighted by molar-refractivity contribution is 7.91. The second kappa shape index (κ2) is 5.59. The third-order valence-corrected chi connectivity index (χ3v) is 5.77. The molecule has 0 aromatic heterocycles. The molecule has 1 saturated carbocycles. The van der Waals surface area contributed by atoms with Crippen molar-refractivity contribution in [2.24, 2.45) is 11.1 Å². The summed E-state index contributed by atoms with van der Waals surface area (Å²) >= 11 is 5.96. The Morgan fingerprint density at radius 1 is 1.48 bits per heavy atom. The lowest BCUT2D eigenvalue weighted by Gasteiger charge is -2.14. The summed E-state index contributed by atoms with van der Waals surface area (Å²) in [6.45, 7) is 1.77. The summed E-state index contributed by atoms with van der Waals surface area (Å²) in [6, 6.07) is 6.84. The number of sulfone groups is 1. The van der Waals surface area contributed by atoms with E-state index in [4.69, 9.17) is 22.1 Å². The highest BCUT2D eigenvalue weighted by atomic mass is 35.5. The van der Waals surface area contributed by atoms with Gasteiger partial charge in [-0.3, -0.25) is 4.79 Å². The van der Waals surface area contributed by atoms with Crippen molar-refractivity contribution in [3.8, 4) is 0 Å². The first-order chi connectivity index (χ1) is 9.79. The van der Waals surface area contributed by atoms with E-state index >= 15 is 0 Å². The molecule has 0 heterocycles. The molecule has 1 aliphatic rings. The predicted molar refractivity (Wildman–Crippen MR) is 80.9 cm³/mol. The lowest BCUT2D eigenvalue weighted by atomic mass is 9.99. The van der Waals surface area contributed by atoms with E-state index in [1.54, 1.807) is 31.2 Å². The van der Waals surface area contributed by atoms with Crippen molar-refractivity contribution in [2.45, 2.75) is 18.1 Å². The van der Waals surface area contributed by atoms with Gasteiger partial charge in [-0.05, 0) is 24.6 Å². The summed E-state index contributed by atoms with van der Waals surface area (Å²) in [6.07, 6.45) is 1.12. The molecule has 0 bridgehead atoms. The summed E-state index contributed by atoms with van der Waals surface area (Å²) < 4.78 is 29.1. The summed E-state index contributed by atoms with van der Waals surface area (Å²) in [5, 5.41) is -0.381. The Morgan fingerprint density at radius 2 is 2.14 bits per heavy atom. The van der Waals surface area contributed by atoms with E-state index in [-0.39, 0.29) is 13.2 Å². The van der Waals surface area contributed by atoms with Crippen molar-refractivity contribution in [2.75, 3.05) is 19.4 Å². The van der Waals surface area contributed by atoms with Gasteiger partial charge in [0.25, 0.3) is 0 Å². The Hall–Kier alpha value is -1.11. The van der Waals surface area contributed by atoms with Gasteiger partial charge >= 0.3 is 5.97 Å². The summed E-state index contributed by atoms with van der Waals surface area (Å²) in [5.74, 6) is -1.08. The van der Waals surface area contributed by atoms with E-state index in [9.17, 15) is 13.2 Å². The van der Waals surface area contributed by atoms with Gasteiger partial charge in [0, 0.05) is 23.7 Å². The maximum absolute atomic E-state index is 12.3. The maximum atomic E-state index is 12.3. The van der Waals surface area contributed by atoms with Gasteiger partial charge in [-0.1, -0.05) is 23.7 Å². The van der Waals surface area contributed by atoms with Crippen LogP contribution in [0.5, 0.6) is 0 Å². The molecule has 3 atom stereocenters. The van der Waals surface area contributed by atoms with Crippen LogP contribution in [0.4, 0.5) is 0 Å². The Kier molecular flexibility index (Phi) is 4.33. The molecule has 0 aliphatic heterocycles. The Morgan fingerprint density at radius 3 is 2.62 bits per heavy atom. The highest BCUT2D eigenvalue weighted by Crippen LogP contribution is 2.63. The van der Waals surface area contributed by atoms with E-state index < -0.39 is 32.4 Å². The van der Waals surface area contributed by atoms with Crippen LogP contribution in [0.3, 0.4) is 0 Å². The molecule has 0 radical (unpaired) electrons. The molecule has 21 heavy (non-hydrogen) atoms. The first-order valence-electron chi connectivity index (χ1n) is 6.60. The van der Waals surface area contributed by atoms with Gasteiger partial charge in [-0.15, -0.1) is 0 Å². The van der Waals surface area contributed by atoms with Crippen LogP contribution in [0.2, 0.25) is 5.02 Å². The van der Waals surface area contributed by atoms with Gasteiger partial charge in [0.15, 0.2) is 9.84 Å². The molecule has 116 valence electrons. The molecule has 1 fully saturated rings. The second-order valence-electron chi connectivity index (χ2n) is 5.25. The van der Waals surface area contributed by atoms with Crippen molar-refractivity contribution in [3.63, 3.8) is 0 Å². The number of rotatable bonds is 5. The normalized spacial score (nSPS) is 28.2. The minimum absolute atomic E-state index is 0.0826. The average Bonchev–Trinajstić information content (AvgIpc) is 3.09. The highest BCUT2D eigenvalue weighted by Gasteiger charge is 2.74. The van der Waals surface area contributed by atoms with Gasteiger partial charge < -0.3 is 10.5 Å². The number of benzene rings is 1. The van der Waals surface area contributed by atoms with Crippen LogP contribution in [-0.2, 0) is 19.4 Å². The number of carbonyl (C=O) groups excluding carboxylic acids is 1. The van der Waals surface area contributed by atoms with E-state index in [1.165, 1.54) is 0 Å². The van der Waals surface area contributed by atoms with Crippen LogP contribution in [0.1, 0.15) is 18.4 Å². The SMILES string of the molecule is CCOC(=O)[C@@]1(CN)[C@H](c2cccc(Cl)c2)[C@@H]1S(C)(=O)=O. The van der Waals surface area contributed by atoms with Crippen molar-refractivity contribution >= 4 is 27.4 Å². The number of halogens is 1. The molecule has 2 rings (SSSR count). The minimum atomic E-state index is -3.45. The molecule has 0 saturated heterocycles. The predicted octanol–water partition coefficient (Wildman–Crippen LogP) is 1.36. The second-order valence-corrected chi connectivity index (χ2v) is 7.85. The van der Waals surface area contributed by atoms with Gasteiger partial charge in [0.1, 0.15) is 5.41 Å². The fourth-order valence-corrected chi connectivity index (χ4v) is 5.16. The first kappa shape index (κ1) is 16.3. The number of nitrogens with two attached hydrogens (primary N) is 1. The Balaban J connectivity index is 2.50. The van der Waals surface area contributed by atoms with E-state index in [0.29, 0.717) is 10.6 Å². The molecular formula is C14H18ClNO4S. The molecule has 7 heteroatoms. The molecule has 0 unspecified atom stereocenters. The van der Waals surface area contributed by atoms with Crippen LogP contribution in [-0.4, -0.2) is 39.0 Å². The number of ether oxygens (including phenoxy) is 1. The topological polar surface area (TPSA) is 86.5 Å². The third kappa shape index (κ3) is 2.67. The van der Waals surface area contributed by atoms with Crippen LogP contribution in [0, 0.1) is 5.41 Å². The lowest BCUT2D eigenvalue weighted by molar-refractivity contribution is -0.149. The third-order valence-electron chi connectivity index (χ3n) is 3.92. The maximum Gasteiger partial charge on any atom is 0.315 e. The Labute approximate surface area is 129 Å². The average molecular weight is 332 g/mol. The molecule has 1 aromatic carbocycles. The molecule has 1 aromatic rings. The number of esters is 1. The quantitative estimate of drug-likeness (QED) is 0.823. The smallest absolute Gasteiger partial charge is 0.315 e. The minimum Gasteiger partial charge on any atom is -0.465 e. The molecule has 2 N–H and O–H groups in total. The Bertz CT molecular complexity index is 661. The van der Waals surface area contributed by atoms with Crippen molar-refractivity contribution in [1.82, 2.24) is 0 Å². The van der Waals surface area contributed by atoms with Crippen molar-refractivity contribution in [3.05, 3.63) is 34.9 Å². The van der Waals surface area contributed by atoms with E-state index in [0.717, 1.165) is 6.26 Å². The molecule has 0 amide bonds. The van der Waals surface area contributed by atoms with Gasteiger partial charge in [0.2, 0.25) is 0 Å². The summed E-state index contributed by atoms with van der Waals surface area (Å²) in [5.41, 5.74) is 5.23. The zero-order chi connectivity index (χ0) is 15.8. The van der Waals surface area contributed by atoms with Crippen LogP contribution in [0.15, 0.2) is 24.3 Å². The number of hydrogen-bond acceptors (Lipinski definition) is 5.